The lowest BCUT2D eigenvalue weighted by molar-refractivity contribution is 0.0905. The lowest BCUT2D eigenvalue weighted by Gasteiger charge is -2.36. The molecule has 1 amide bonds. The van der Waals surface area contributed by atoms with E-state index in [0.29, 0.717) is 31.8 Å². The summed E-state index contributed by atoms with van der Waals surface area (Å²) in [6.45, 7) is 2.76. The first-order chi connectivity index (χ1) is 14.9. The molecule has 0 spiro atoms. The van der Waals surface area contributed by atoms with E-state index in [9.17, 15) is 13.2 Å². The fraction of sp³-hybridized carbons (Fsp3) is 0.571. The highest BCUT2D eigenvalue weighted by Crippen LogP contribution is 2.40. The van der Waals surface area contributed by atoms with Crippen molar-refractivity contribution >= 4 is 15.9 Å². The Bertz CT molecular complexity index is 1020. The molecule has 2 aromatic rings. The Hall–Kier alpha value is -2.30. The van der Waals surface area contributed by atoms with Crippen LogP contribution in [0.4, 0.5) is 0 Å². The summed E-state index contributed by atoms with van der Waals surface area (Å²) in [6, 6.07) is 4.69. The lowest BCUT2D eigenvalue weighted by Crippen LogP contribution is -2.50. The lowest BCUT2D eigenvalue weighted by atomic mass is 10.0. The number of piperidine rings is 1. The summed E-state index contributed by atoms with van der Waals surface area (Å²) in [5.41, 5.74) is 6.63. The average molecular weight is 448 g/mol. The summed E-state index contributed by atoms with van der Waals surface area (Å²) in [4.78, 5) is 17.0. The highest BCUT2D eigenvalue weighted by atomic mass is 32.2. The normalized spacial score (nSPS) is 22.4. The van der Waals surface area contributed by atoms with Gasteiger partial charge >= 0.3 is 0 Å². The van der Waals surface area contributed by atoms with Crippen LogP contribution in [0.2, 0.25) is 0 Å². The van der Waals surface area contributed by atoms with Gasteiger partial charge in [0.15, 0.2) is 5.69 Å². The largest absolute Gasteiger partial charge is 0.360 e. The van der Waals surface area contributed by atoms with Crippen molar-refractivity contribution in [2.24, 2.45) is 5.73 Å². The molecule has 2 fully saturated rings. The van der Waals surface area contributed by atoms with E-state index in [1.807, 2.05) is 6.92 Å². The monoisotopic (exact) mass is 447 g/mol. The SMILES string of the molecule is C[C@H]1C[C@H](NC(=O)c2cc(C3CC3)on2)CCN1S(=O)(=O)c1ccc(CCCN)nc1. The number of hydrogen-bond acceptors (Lipinski definition) is 7. The van der Waals surface area contributed by atoms with E-state index < -0.39 is 10.0 Å². The Morgan fingerprint density at radius 3 is 2.77 bits per heavy atom. The zero-order chi connectivity index (χ0) is 22.0. The van der Waals surface area contributed by atoms with Crippen LogP contribution >= 0.6 is 0 Å². The molecule has 10 heteroatoms. The molecule has 1 saturated carbocycles. The van der Waals surface area contributed by atoms with Gasteiger partial charge in [0.1, 0.15) is 10.7 Å². The van der Waals surface area contributed by atoms with Crippen LogP contribution in [0.1, 0.15) is 66.9 Å². The van der Waals surface area contributed by atoms with Crippen molar-refractivity contribution in [3.63, 3.8) is 0 Å². The number of nitrogens with zero attached hydrogens (tertiary/aromatic N) is 3. The average Bonchev–Trinajstić information content (AvgIpc) is 3.48. The first kappa shape index (κ1) is 21.9. The van der Waals surface area contributed by atoms with Gasteiger partial charge in [-0.25, -0.2) is 8.42 Å². The quantitative estimate of drug-likeness (QED) is 0.631. The van der Waals surface area contributed by atoms with E-state index in [-0.39, 0.29) is 28.6 Å². The third-order valence-electron chi connectivity index (χ3n) is 5.93. The van der Waals surface area contributed by atoms with Gasteiger partial charge < -0.3 is 15.6 Å². The van der Waals surface area contributed by atoms with Crippen LogP contribution in [0.5, 0.6) is 0 Å². The molecule has 1 saturated heterocycles. The maximum atomic E-state index is 13.1. The third kappa shape index (κ3) is 4.97. The van der Waals surface area contributed by atoms with Gasteiger partial charge in [-0.05, 0) is 64.1 Å². The minimum Gasteiger partial charge on any atom is -0.360 e. The molecule has 3 N–H and O–H groups in total. The number of carbonyl (C=O) groups excluding carboxylic acids is 1. The Morgan fingerprint density at radius 1 is 1.32 bits per heavy atom. The number of nitrogens with one attached hydrogen (secondary N) is 1. The van der Waals surface area contributed by atoms with Crippen molar-refractivity contribution in [2.45, 2.75) is 68.3 Å². The second-order valence-electron chi connectivity index (χ2n) is 8.43. The predicted molar refractivity (Wildman–Crippen MR) is 114 cm³/mol. The Morgan fingerprint density at radius 2 is 2.13 bits per heavy atom. The van der Waals surface area contributed by atoms with E-state index in [0.717, 1.165) is 37.1 Å². The van der Waals surface area contributed by atoms with Gasteiger partial charge in [0.25, 0.3) is 5.91 Å². The molecule has 0 unspecified atom stereocenters. The third-order valence-corrected chi connectivity index (χ3v) is 7.93. The zero-order valence-electron chi connectivity index (χ0n) is 17.7. The highest BCUT2D eigenvalue weighted by Gasteiger charge is 2.36. The number of sulfonamides is 1. The Kier molecular flexibility index (Phi) is 6.40. The molecule has 1 aliphatic heterocycles. The molecule has 9 nitrogen and oxygen atoms in total. The zero-order valence-corrected chi connectivity index (χ0v) is 18.5. The molecule has 0 aromatic carbocycles. The summed E-state index contributed by atoms with van der Waals surface area (Å²) in [7, 11) is -3.65. The van der Waals surface area contributed by atoms with Crippen molar-refractivity contribution < 1.29 is 17.7 Å². The minimum atomic E-state index is -3.65. The number of hydrogen-bond donors (Lipinski definition) is 2. The molecule has 31 heavy (non-hydrogen) atoms. The molecule has 2 atom stereocenters. The van der Waals surface area contributed by atoms with Crippen molar-refractivity contribution in [1.82, 2.24) is 19.8 Å². The predicted octanol–water partition coefficient (Wildman–Crippen LogP) is 1.81. The number of pyridine rings is 1. The number of rotatable bonds is 8. The summed E-state index contributed by atoms with van der Waals surface area (Å²) in [5.74, 6) is 0.884. The van der Waals surface area contributed by atoms with Gasteiger partial charge in [0.05, 0.1) is 0 Å². The minimum absolute atomic E-state index is 0.119. The molecule has 4 rings (SSSR count). The van der Waals surface area contributed by atoms with Gasteiger partial charge in [-0.3, -0.25) is 9.78 Å². The topological polar surface area (TPSA) is 131 Å². The number of aromatic nitrogens is 2. The van der Waals surface area contributed by atoms with Crippen LogP contribution < -0.4 is 11.1 Å². The smallest absolute Gasteiger partial charge is 0.273 e. The first-order valence-corrected chi connectivity index (χ1v) is 12.3. The van der Waals surface area contributed by atoms with Crippen molar-refractivity contribution in [1.29, 1.82) is 0 Å². The Labute approximate surface area is 182 Å². The molecular weight excluding hydrogens is 418 g/mol. The van der Waals surface area contributed by atoms with Crippen LogP contribution in [-0.2, 0) is 16.4 Å². The van der Waals surface area contributed by atoms with Crippen molar-refractivity contribution in [3.05, 3.63) is 41.5 Å². The summed E-state index contributed by atoms with van der Waals surface area (Å²) in [6.07, 6.45) is 6.17. The van der Waals surface area contributed by atoms with Crippen LogP contribution in [0.3, 0.4) is 0 Å². The fourth-order valence-corrected chi connectivity index (χ4v) is 5.59. The standard InChI is InChI=1S/C21H29N5O4S/c1-14-11-17(24-21(27)19-12-20(30-25-19)15-4-5-15)8-10-26(14)31(28,29)18-7-6-16(23-13-18)3-2-9-22/h6-7,12-15,17H,2-5,8-11,22H2,1H3,(H,24,27)/t14-,17+/m0/s1. The van der Waals surface area contributed by atoms with Crippen molar-refractivity contribution in [3.8, 4) is 0 Å². The van der Waals surface area contributed by atoms with Crippen LogP contribution in [0, 0.1) is 0 Å². The molecule has 2 aromatic heterocycles. The maximum Gasteiger partial charge on any atom is 0.273 e. The molecular formula is C21H29N5O4S. The van der Waals surface area contributed by atoms with Gasteiger partial charge in [-0.1, -0.05) is 5.16 Å². The molecule has 168 valence electrons. The van der Waals surface area contributed by atoms with Crippen molar-refractivity contribution in [2.75, 3.05) is 13.1 Å². The van der Waals surface area contributed by atoms with E-state index in [1.54, 1.807) is 18.2 Å². The molecule has 2 aliphatic rings. The number of aryl methyl sites for hydroxylation is 1. The summed E-state index contributed by atoms with van der Waals surface area (Å²) < 4.78 is 32.9. The second-order valence-corrected chi connectivity index (χ2v) is 10.3. The number of carbonyl (C=O) groups is 1. The van der Waals surface area contributed by atoms with E-state index in [4.69, 9.17) is 10.3 Å². The Balaban J connectivity index is 1.35. The highest BCUT2D eigenvalue weighted by molar-refractivity contribution is 7.89. The van der Waals surface area contributed by atoms with E-state index >= 15 is 0 Å². The number of nitrogens with two attached hydrogens (primary N) is 1. The van der Waals surface area contributed by atoms with Gasteiger partial charge in [-0.2, -0.15) is 4.31 Å². The molecule has 1 aliphatic carbocycles. The first-order valence-electron chi connectivity index (χ1n) is 10.8. The molecule has 0 radical (unpaired) electrons. The van der Waals surface area contributed by atoms with Gasteiger partial charge in [0, 0.05) is 42.5 Å². The van der Waals surface area contributed by atoms with Crippen LogP contribution in [-0.4, -0.2) is 53.9 Å². The second kappa shape index (κ2) is 9.05. The molecule has 0 bridgehead atoms. The summed E-state index contributed by atoms with van der Waals surface area (Å²) in [5, 5.41) is 6.85. The fourth-order valence-electron chi connectivity index (χ4n) is 3.98. The molecule has 3 heterocycles. The van der Waals surface area contributed by atoms with Crippen LogP contribution in [0.25, 0.3) is 0 Å². The van der Waals surface area contributed by atoms with E-state index in [1.165, 1.54) is 10.5 Å². The maximum absolute atomic E-state index is 13.1. The van der Waals surface area contributed by atoms with Crippen LogP contribution in [0.15, 0.2) is 33.8 Å². The van der Waals surface area contributed by atoms with Gasteiger partial charge in [0.2, 0.25) is 10.0 Å². The number of amides is 1. The summed E-state index contributed by atoms with van der Waals surface area (Å²) >= 11 is 0. The van der Waals surface area contributed by atoms with E-state index in [2.05, 4.69) is 15.5 Å². The van der Waals surface area contributed by atoms with Gasteiger partial charge in [-0.15, -0.1) is 0 Å².